The zero-order valence-corrected chi connectivity index (χ0v) is 7.14. The lowest BCUT2D eigenvalue weighted by Crippen LogP contribution is -2.23. The number of rotatable bonds is 3. The summed E-state index contributed by atoms with van der Waals surface area (Å²) >= 11 is 0. The number of carbonyl (C=O) groups is 1. The first-order chi connectivity index (χ1) is 6.11. The van der Waals surface area contributed by atoms with Gasteiger partial charge in [0.1, 0.15) is 0 Å². The number of hydrogen-bond donors (Lipinski definition) is 2. The fourth-order valence-corrected chi connectivity index (χ4v) is 0.907. The zero-order valence-electron chi connectivity index (χ0n) is 7.14. The number of aliphatic hydroxyl groups excluding tert-OH is 1. The van der Waals surface area contributed by atoms with Gasteiger partial charge in [0.25, 0.3) is 0 Å². The van der Waals surface area contributed by atoms with Crippen molar-refractivity contribution in [3.63, 3.8) is 0 Å². The van der Waals surface area contributed by atoms with Crippen LogP contribution < -0.4 is 0 Å². The summed E-state index contributed by atoms with van der Waals surface area (Å²) in [6.45, 7) is 1.72. The Balaban J connectivity index is 2.74. The van der Waals surface area contributed by atoms with E-state index in [0.717, 1.165) is 0 Å². The highest BCUT2D eigenvalue weighted by molar-refractivity contribution is 5.72. The summed E-state index contributed by atoms with van der Waals surface area (Å²) in [4.78, 5) is 18.2. The minimum atomic E-state index is -1.41. The fourth-order valence-electron chi connectivity index (χ4n) is 0.907. The van der Waals surface area contributed by atoms with Crippen molar-refractivity contribution < 1.29 is 15.0 Å². The maximum Gasteiger partial charge on any atom is 0.332 e. The van der Waals surface area contributed by atoms with Crippen molar-refractivity contribution >= 4 is 5.97 Å². The Morgan fingerprint density at radius 1 is 1.54 bits per heavy atom. The normalized spacial score (nSPS) is 12.5. The van der Waals surface area contributed by atoms with E-state index in [4.69, 9.17) is 10.2 Å². The van der Waals surface area contributed by atoms with Crippen molar-refractivity contribution in [2.24, 2.45) is 0 Å². The molecule has 0 saturated carbocycles. The van der Waals surface area contributed by atoms with E-state index in [1.54, 1.807) is 6.92 Å². The third-order valence-corrected chi connectivity index (χ3v) is 1.65. The van der Waals surface area contributed by atoms with E-state index in [1.807, 2.05) is 0 Å². The smallest absolute Gasteiger partial charge is 0.332 e. The quantitative estimate of drug-likeness (QED) is 0.674. The van der Waals surface area contributed by atoms with Crippen molar-refractivity contribution in [3.05, 3.63) is 23.8 Å². The first-order valence-corrected chi connectivity index (χ1v) is 3.78. The molecular formula is C8H10N2O3. The van der Waals surface area contributed by atoms with Gasteiger partial charge in [-0.3, -0.25) is 9.97 Å². The average molecular weight is 182 g/mol. The maximum atomic E-state index is 10.3. The Morgan fingerprint density at radius 3 is 2.69 bits per heavy atom. The highest BCUT2D eigenvalue weighted by Gasteiger charge is 2.15. The molecule has 5 heteroatoms. The third kappa shape index (κ3) is 2.48. The molecule has 1 aromatic heterocycles. The largest absolute Gasteiger partial charge is 0.479 e. The lowest BCUT2D eigenvalue weighted by atomic mass is 10.1. The second-order valence-electron chi connectivity index (χ2n) is 2.65. The molecule has 2 N–H and O–H groups in total. The summed E-state index contributed by atoms with van der Waals surface area (Å²) < 4.78 is 0. The molecule has 1 aromatic rings. The van der Waals surface area contributed by atoms with Gasteiger partial charge in [0, 0.05) is 18.8 Å². The monoisotopic (exact) mass is 182 g/mol. The Bertz CT molecular complexity index is 314. The predicted molar refractivity (Wildman–Crippen MR) is 44.1 cm³/mol. The number of aliphatic hydroxyl groups is 1. The third-order valence-electron chi connectivity index (χ3n) is 1.65. The van der Waals surface area contributed by atoms with Crippen LogP contribution in [0.15, 0.2) is 12.4 Å². The summed E-state index contributed by atoms with van der Waals surface area (Å²) in [7, 11) is 0. The fraction of sp³-hybridized carbons (Fsp3) is 0.375. The number of aryl methyl sites for hydroxylation is 1. The van der Waals surface area contributed by atoms with Crippen LogP contribution >= 0.6 is 0 Å². The van der Waals surface area contributed by atoms with Crippen LogP contribution in [0.3, 0.4) is 0 Å². The van der Waals surface area contributed by atoms with Gasteiger partial charge in [0.15, 0.2) is 6.10 Å². The Labute approximate surface area is 75.1 Å². The summed E-state index contributed by atoms with van der Waals surface area (Å²) in [5, 5.41) is 17.5. The molecule has 5 nitrogen and oxygen atoms in total. The molecule has 0 aliphatic carbocycles. The van der Waals surface area contributed by atoms with Gasteiger partial charge in [-0.2, -0.15) is 0 Å². The Morgan fingerprint density at radius 2 is 2.15 bits per heavy atom. The minimum absolute atomic E-state index is 0.00495. The lowest BCUT2D eigenvalue weighted by molar-refractivity contribution is -0.146. The number of nitrogens with zero attached hydrogens (tertiary/aromatic N) is 2. The minimum Gasteiger partial charge on any atom is -0.479 e. The van der Waals surface area contributed by atoms with Crippen LogP contribution in [0.1, 0.15) is 11.4 Å². The van der Waals surface area contributed by atoms with Crippen LogP contribution in [0.25, 0.3) is 0 Å². The molecule has 0 saturated heterocycles. The van der Waals surface area contributed by atoms with E-state index in [9.17, 15) is 4.79 Å². The van der Waals surface area contributed by atoms with E-state index < -0.39 is 12.1 Å². The number of carboxylic acid groups (broad SMARTS) is 1. The second-order valence-corrected chi connectivity index (χ2v) is 2.65. The molecule has 1 unspecified atom stereocenters. The summed E-state index contributed by atoms with van der Waals surface area (Å²) in [6, 6.07) is 0. The molecule has 0 aliphatic heterocycles. The molecule has 0 amide bonds. The van der Waals surface area contributed by atoms with Crippen LogP contribution in [0, 0.1) is 6.92 Å². The van der Waals surface area contributed by atoms with Crippen LogP contribution in [0.4, 0.5) is 0 Å². The van der Waals surface area contributed by atoms with Crippen LogP contribution in [-0.2, 0) is 11.2 Å². The van der Waals surface area contributed by atoms with Crippen molar-refractivity contribution in [1.29, 1.82) is 0 Å². The molecule has 1 atom stereocenters. The van der Waals surface area contributed by atoms with E-state index >= 15 is 0 Å². The Hall–Kier alpha value is -1.49. The molecule has 1 rings (SSSR count). The van der Waals surface area contributed by atoms with Crippen molar-refractivity contribution in [1.82, 2.24) is 9.97 Å². The highest BCUT2D eigenvalue weighted by Crippen LogP contribution is 2.03. The van der Waals surface area contributed by atoms with E-state index in [1.165, 1.54) is 12.4 Å². The number of aromatic nitrogens is 2. The van der Waals surface area contributed by atoms with Gasteiger partial charge in [-0.15, -0.1) is 0 Å². The standard InChI is InChI=1S/C8H10N2O3/c1-5-6(10-3-2-9-5)4-7(11)8(12)13/h2-3,7,11H,4H2,1H3,(H,12,13). The van der Waals surface area contributed by atoms with E-state index in [2.05, 4.69) is 9.97 Å². The molecule has 0 radical (unpaired) electrons. The van der Waals surface area contributed by atoms with Crippen LogP contribution in [-0.4, -0.2) is 32.3 Å². The Kier molecular flexibility index (Phi) is 2.92. The van der Waals surface area contributed by atoms with Gasteiger partial charge in [0.05, 0.1) is 11.4 Å². The van der Waals surface area contributed by atoms with Crippen LogP contribution in [0.5, 0.6) is 0 Å². The van der Waals surface area contributed by atoms with Crippen molar-refractivity contribution in [3.8, 4) is 0 Å². The molecule has 70 valence electrons. The molecular weight excluding hydrogens is 172 g/mol. The molecule has 13 heavy (non-hydrogen) atoms. The van der Waals surface area contributed by atoms with E-state index in [-0.39, 0.29) is 6.42 Å². The summed E-state index contributed by atoms with van der Waals surface area (Å²) in [5.74, 6) is -1.25. The molecule has 0 fully saturated rings. The van der Waals surface area contributed by atoms with Gasteiger partial charge < -0.3 is 10.2 Å². The molecule has 0 spiro atoms. The first kappa shape index (κ1) is 9.60. The predicted octanol–water partition coefficient (Wildman–Crippen LogP) is -0.227. The molecule has 0 bridgehead atoms. The van der Waals surface area contributed by atoms with Gasteiger partial charge in [-0.05, 0) is 6.92 Å². The van der Waals surface area contributed by atoms with Crippen molar-refractivity contribution in [2.45, 2.75) is 19.4 Å². The maximum absolute atomic E-state index is 10.3. The van der Waals surface area contributed by atoms with Crippen molar-refractivity contribution in [2.75, 3.05) is 0 Å². The topological polar surface area (TPSA) is 83.3 Å². The summed E-state index contributed by atoms with van der Waals surface area (Å²) in [6.07, 6.45) is 1.58. The molecule has 1 heterocycles. The summed E-state index contributed by atoms with van der Waals surface area (Å²) in [5.41, 5.74) is 1.15. The second kappa shape index (κ2) is 3.95. The SMILES string of the molecule is Cc1nccnc1CC(O)C(=O)O. The van der Waals surface area contributed by atoms with Crippen LogP contribution in [0.2, 0.25) is 0 Å². The van der Waals surface area contributed by atoms with Gasteiger partial charge >= 0.3 is 5.97 Å². The first-order valence-electron chi connectivity index (χ1n) is 3.78. The van der Waals surface area contributed by atoms with E-state index in [0.29, 0.717) is 11.4 Å². The van der Waals surface area contributed by atoms with Gasteiger partial charge in [-0.1, -0.05) is 0 Å². The number of carboxylic acids is 1. The lowest BCUT2D eigenvalue weighted by Gasteiger charge is -2.05. The zero-order chi connectivity index (χ0) is 9.84. The number of hydrogen-bond acceptors (Lipinski definition) is 4. The molecule has 0 aliphatic rings. The highest BCUT2D eigenvalue weighted by atomic mass is 16.4. The molecule has 0 aromatic carbocycles. The number of aliphatic carboxylic acids is 1. The van der Waals surface area contributed by atoms with Gasteiger partial charge in [0.2, 0.25) is 0 Å². The average Bonchev–Trinajstić information content (AvgIpc) is 2.08. The van der Waals surface area contributed by atoms with Gasteiger partial charge in [-0.25, -0.2) is 4.79 Å².